The highest BCUT2D eigenvalue weighted by Crippen LogP contribution is 2.07. The van der Waals surface area contributed by atoms with E-state index in [1.165, 1.54) is 5.56 Å². The fourth-order valence-corrected chi connectivity index (χ4v) is 1.46. The van der Waals surface area contributed by atoms with Crippen molar-refractivity contribution in [3.05, 3.63) is 35.9 Å². The van der Waals surface area contributed by atoms with Crippen molar-refractivity contribution in [1.82, 2.24) is 0 Å². The van der Waals surface area contributed by atoms with Crippen LogP contribution in [0.3, 0.4) is 0 Å². The van der Waals surface area contributed by atoms with E-state index >= 15 is 0 Å². The minimum absolute atomic E-state index is 0.167. The summed E-state index contributed by atoms with van der Waals surface area (Å²) in [5.74, 6) is 0.434. The molecule has 0 aliphatic heterocycles. The maximum atomic E-state index is 11.0. The minimum atomic E-state index is 0.167. The van der Waals surface area contributed by atoms with E-state index in [0.717, 1.165) is 19.4 Å². The summed E-state index contributed by atoms with van der Waals surface area (Å²) in [6, 6.07) is 10.1. The molecule has 0 saturated carbocycles. The van der Waals surface area contributed by atoms with Crippen LogP contribution >= 0.6 is 0 Å². The number of ether oxygens (including phenoxy) is 1. The van der Waals surface area contributed by atoms with Crippen LogP contribution in [0.4, 0.5) is 0 Å². The van der Waals surface area contributed by atoms with E-state index in [2.05, 4.69) is 12.1 Å². The maximum absolute atomic E-state index is 11.0. The Morgan fingerprint density at radius 3 is 2.62 bits per heavy atom. The topological polar surface area (TPSA) is 26.3 Å². The summed E-state index contributed by atoms with van der Waals surface area (Å²) in [5.41, 5.74) is 1.20. The molecule has 1 atom stereocenters. The average Bonchev–Trinajstić information content (AvgIpc) is 2.29. The van der Waals surface area contributed by atoms with Crippen molar-refractivity contribution in [2.45, 2.75) is 33.3 Å². The fourth-order valence-electron chi connectivity index (χ4n) is 1.46. The standard InChI is InChI=1S/C14H20O2/c1-12(13(2)15)7-6-10-16-11-14-8-4-3-5-9-14/h3-5,8-9,12H,6-7,10-11H2,1-2H3. The molecule has 0 saturated heterocycles. The number of rotatable bonds is 7. The summed E-state index contributed by atoms with van der Waals surface area (Å²) in [4.78, 5) is 11.0. The Kier molecular flexibility index (Phi) is 5.79. The number of hydrogen-bond donors (Lipinski definition) is 0. The van der Waals surface area contributed by atoms with Gasteiger partial charge < -0.3 is 4.74 Å². The molecule has 0 amide bonds. The predicted molar refractivity (Wildman–Crippen MR) is 65.2 cm³/mol. The van der Waals surface area contributed by atoms with Gasteiger partial charge in [0.1, 0.15) is 5.78 Å². The number of carbonyl (C=O) groups excluding carboxylic acids is 1. The van der Waals surface area contributed by atoms with Crippen LogP contribution in [0.15, 0.2) is 30.3 Å². The predicted octanol–water partition coefficient (Wildman–Crippen LogP) is 3.21. The molecule has 0 heterocycles. The molecule has 0 spiro atoms. The lowest BCUT2D eigenvalue weighted by molar-refractivity contribution is -0.120. The number of hydrogen-bond acceptors (Lipinski definition) is 2. The van der Waals surface area contributed by atoms with Crippen LogP contribution in [0.5, 0.6) is 0 Å². The summed E-state index contributed by atoms with van der Waals surface area (Å²) < 4.78 is 5.54. The van der Waals surface area contributed by atoms with Gasteiger partial charge in [0, 0.05) is 12.5 Å². The Morgan fingerprint density at radius 2 is 2.00 bits per heavy atom. The van der Waals surface area contributed by atoms with Gasteiger partial charge in [0.15, 0.2) is 0 Å². The van der Waals surface area contributed by atoms with Gasteiger partial charge in [0.25, 0.3) is 0 Å². The van der Waals surface area contributed by atoms with Crippen LogP contribution in [0, 0.1) is 5.92 Å². The van der Waals surface area contributed by atoms with E-state index in [-0.39, 0.29) is 11.7 Å². The van der Waals surface area contributed by atoms with Gasteiger partial charge in [-0.25, -0.2) is 0 Å². The smallest absolute Gasteiger partial charge is 0.132 e. The molecule has 0 bridgehead atoms. The summed E-state index contributed by atoms with van der Waals surface area (Å²) in [5, 5.41) is 0. The van der Waals surface area contributed by atoms with E-state index in [9.17, 15) is 4.79 Å². The highest BCUT2D eigenvalue weighted by atomic mass is 16.5. The van der Waals surface area contributed by atoms with Crippen molar-refractivity contribution in [3.63, 3.8) is 0 Å². The van der Waals surface area contributed by atoms with E-state index in [0.29, 0.717) is 6.61 Å². The van der Waals surface area contributed by atoms with E-state index < -0.39 is 0 Å². The van der Waals surface area contributed by atoms with Crippen LogP contribution in [-0.2, 0) is 16.1 Å². The Balaban J connectivity index is 2.07. The molecule has 0 radical (unpaired) electrons. The second-order valence-electron chi connectivity index (χ2n) is 4.19. The number of carbonyl (C=O) groups is 1. The van der Waals surface area contributed by atoms with Gasteiger partial charge in [-0.3, -0.25) is 4.79 Å². The minimum Gasteiger partial charge on any atom is -0.377 e. The normalized spacial score (nSPS) is 12.4. The second-order valence-corrected chi connectivity index (χ2v) is 4.19. The van der Waals surface area contributed by atoms with Crippen LogP contribution in [0.2, 0.25) is 0 Å². The highest BCUT2D eigenvalue weighted by Gasteiger charge is 2.06. The average molecular weight is 220 g/mol. The lowest BCUT2D eigenvalue weighted by Gasteiger charge is -2.07. The third kappa shape index (κ3) is 5.08. The maximum Gasteiger partial charge on any atom is 0.132 e. The Hall–Kier alpha value is -1.15. The molecular weight excluding hydrogens is 200 g/mol. The first-order chi connectivity index (χ1) is 7.70. The quantitative estimate of drug-likeness (QED) is 0.659. The Labute approximate surface area is 97.6 Å². The molecule has 1 unspecified atom stereocenters. The van der Waals surface area contributed by atoms with Gasteiger partial charge in [-0.05, 0) is 25.3 Å². The van der Waals surface area contributed by atoms with Gasteiger partial charge in [-0.15, -0.1) is 0 Å². The monoisotopic (exact) mass is 220 g/mol. The number of ketones is 1. The molecule has 1 aromatic rings. The van der Waals surface area contributed by atoms with Crippen LogP contribution in [0.1, 0.15) is 32.3 Å². The Morgan fingerprint density at radius 1 is 1.31 bits per heavy atom. The fraction of sp³-hybridized carbons (Fsp3) is 0.500. The van der Waals surface area contributed by atoms with Crippen molar-refractivity contribution >= 4 is 5.78 Å². The van der Waals surface area contributed by atoms with Crippen molar-refractivity contribution in [1.29, 1.82) is 0 Å². The second kappa shape index (κ2) is 7.18. The van der Waals surface area contributed by atoms with Crippen molar-refractivity contribution in [2.75, 3.05) is 6.61 Å². The van der Waals surface area contributed by atoms with E-state index in [4.69, 9.17) is 4.74 Å². The largest absolute Gasteiger partial charge is 0.377 e. The van der Waals surface area contributed by atoms with Gasteiger partial charge in [-0.1, -0.05) is 37.3 Å². The van der Waals surface area contributed by atoms with Gasteiger partial charge in [0.05, 0.1) is 6.61 Å². The highest BCUT2D eigenvalue weighted by molar-refractivity contribution is 5.77. The van der Waals surface area contributed by atoms with Crippen molar-refractivity contribution < 1.29 is 9.53 Å². The SMILES string of the molecule is CC(=O)C(C)CCCOCc1ccccc1. The third-order valence-electron chi connectivity index (χ3n) is 2.73. The van der Waals surface area contributed by atoms with E-state index in [1.807, 2.05) is 25.1 Å². The van der Waals surface area contributed by atoms with Crippen LogP contribution < -0.4 is 0 Å². The van der Waals surface area contributed by atoms with Crippen LogP contribution in [-0.4, -0.2) is 12.4 Å². The lowest BCUT2D eigenvalue weighted by atomic mass is 10.0. The summed E-state index contributed by atoms with van der Waals surface area (Å²) in [6.45, 7) is 5.01. The van der Waals surface area contributed by atoms with Crippen molar-refractivity contribution in [3.8, 4) is 0 Å². The zero-order valence-corrected chi connectivity index (χ0v) is 10.1. The molecule has 1 aromatic carbocycles. The zero-order valence-electron chi connectivity index (χ0n) is 10.1. The first-order valence-corrected chi connectivity index (χ1v) is 5.82. The molecule has 0 fully saturated rings. The summed E-state index contributed by atoms with van der Waals surface area (Å²) in [7, 11) is 0. The Bertz CT molecular complexity index is 306. The number of Topliss-reactive ketones (excluding diaryl/α,β-unsaturated/α-hetero) is 1. The molecule has 0 aliphatic carbocycles. The zero-order chi connectivity index (χ0) is 11.8. The van der Waals surface area contributed by atoms with Gasteiger partial charge in [0.2, 0.25) is 0 Å². The molecule has 0 N–H and O–H groups in total. The van der Waals surface area contributed by atoms with Crippen molar-refractivity contribution in [2.24, 2.45) is 5.92 Å². The number of benzene rings is 1. The third-order valence-corrected chi connectivity index (χ3v) is 2.73. The molecule has 2 heteroatoms. The lowest BCUT2D eigenvalue weighted by Crippen LogP contribution is -2.07. The molecule has 0 aromatic heterocycles. The molecular formula is C14H20O2. The van der Waals surface area contributed by atoms with Gasteiger partial charge in [-0.2, -0.15) is 0 Å². The van der Waals surface area contributed by atoms with Crippen LogP contribution in [0.25, 0.3) is 0 Å². The molecule has 88 valence electrons. The molecule has 1 rings (SSSR count). The first kappa shape index (κ1) is 12.9. The summed E-state index contributed by atoms with van der Waals surface area (Å²) in [6.07, 6.45) is 1.87. The van der Waals surface area contributed by atoms with Gasteiger partial charge >= 0.3 is 0 Å². The van der Waals surface area contributed by atoms with E-state index in [1.54, 1.807) is 6.92 Å². The molecule has 16 heavy (non-hydrogen) atoms. The molecule has 2 nitrogen and oxygen atoms in total. The first-order valence-electron chi connectivity index (χ1n) is 5.82. The summed E-state index contributed by atoms with van der Waals surface area (Å²) >= 11 is 0. The molecule has 0 aliphatic rings.